The van der Waals surface area contributed by atoms with E-state index in [4.69, 9.17) is 26.0 Å². The van der Waals surface area contributed by atoms with Gasteiger partial charge in [0.05, 0.1) is 18.8 Å². The van der Waals surface area contributed by atoms with Crippen molar-refractivity contribution in [3.63, 3.8) is 0 Å². The molecule has 2 fully saturated rings. The molecule has 1 amide bonds. The summed E-state index contributed by atoms with van der Waals surface area (Å²) in [5.41, 5.74) is 11.2. The van der Waals surface area contributed by atoms with Crippen molar-refractivity contribution in [3.8, 4) is 0 Å². The molecule has 2 aliphatic rings. The fourth-order valence-corrected chi connectivity index (χ4v) is 3.11. The standard InChI is InChI=1S/C14H27N3O4/c15-9-5-10(17-4-3-13(16)19)7-12(6-9)21-14-2-1-11(8-18)20-14/h9-12,14,17-18H,1-8,15H2,(H2,16,19). The summed E-state index contributed by atoms with van der Waals surface area (Å²) in [5, 5.41) is 12.4. The van der Waals surface area contributed by atoms with Crippen molar-refractivity contribution < 1.29 is 19.4 Å². The molecule has 0 aromatic carbocycles. The lowest BCUT2D eigenvalue weighted by molar-refractivity contribution is -0.175. The molecular weight excluding hydrogens is 274 g/mol. The third kappa shape index (κ3) is 5.52. The van der Waals surface area contributed by atoms with E-state index >= 15 is 0 Å². The number of amides is 1. The van der Waals surface area contributed by atoms with E-state index in [1.54, 1.807) is 0 Å². The Labute approximate surface area is 125 Å². The van der Waals surface area contributed by atoms with Gasteiger partial charge in [0.1, 0.15) is 0 Å². The number of carbonyl (C=O) groups is 1. The third-order valence-corrected chi connectivity index (χ3v) is 4.12. The van der Waals surface area contributed by atoms with Crippen molar-refractivity contribution in [2.75, 3.05) is 13.2 Å². The van der Waals surface area contributed by atoms with E-state index in [-0.39, 0.29) is 43.1 Å². The minimum Gasteiger partial charge on any atom is -0.394 e. The van der Waals surface area contributed by atoms with E-state index in [0.29, 0.717) is 13.0 Å². The number of aliphatic hydroxyl groups excluding tert-OH is 1. The maximum absolute atomic E-state index is 10.8. The highest BCUT2D eigenvalue weighted by atomic mass is 16.7. The average molecular weight is 301 g/mol. The molecule has 1 saturated carbocycles. The number of nitrogens with two attached hydrogens (primary N) is 2. The van der Waals surface area contributed by atoms with Gasteiger partial charge in [0.15, 0.2) is 6.29 Å². The second-order valence-electron chi connectivity index (χ2n) is 6.04. The van der Waals surface area contributed by atoms with Gasteiger partial charge in [-0.15, -0.1) is 0 Å². The topological polar surface area (TPSA) is 120 Å². The van der Waals surface area contributed by atoms with Gasteiger partial charge in [0, 0.05) is 31.5 Å². The van der Waals surface area contributed by atoms with Crippen LogP contribution in [0.25, 0.3) is 0 Å². The Hall–Kier alpha value is -0.730. The zero-order valence-electron chi connectivity index (χ0n) is 12.4. The van der Waals surface area contributed by atoms with E-state index in [1.807, 2.05) is 0 Å². The third-order valence-electron chi connectivity index (χ3n) is 4.12. The average Bonchev–Trinajstić information content (AvgIpc) is 2.85. The molecule has 1 saturated heterocycles. The number of hydrogen-bond acceptors (Lipinski definition) is 6. The lowest BCUT2D eigenvalue weighted by Gasteiger charge is -2.34. The molecule has 1 heterocycles. The number of rotatable bonds is 7. The van der Waals surface area contributed by atoms with Gasteiger partial charge in [-0.25, -0.2) is 0 Å². The van der Waals surface area contributed by atoms with Crippen LogP contribution < -0.4 is 16.8 Å². The number of aliphatic hydroxyl groups is 1. The van der Waals surface area contributed by atoms with Gasteiger partial charge in [-0.1, -0.05) is 0 Å². The normalized spacial score (nSPS) is 36.8. The fraction of sp³-hybridized carbons (Fsp3) is 0.929. The van der Waals surface area contributed by atoms with Gasteiger partial charge in [-0.3, -0.25) is 4.79 Å². The lowest BCUT2D eigenvalue weighted by Crippen LogP contribution is -2.46. The van der Waals surface area contributed by atoms with Gasteiger partial charge in [0.25, 0.3) is 0 Å². The summed E-state index contributed by atoms with van der Waals surface area (Å²) < 4.78 is 11.6. The predicted octanol–water partition coefficient (Wildman–Crippen LogP) is -0.786. The number of ether oxygens (including phenoxy) is 2. The Morgan fingerprint density at radius 2 is 2.14 bits per heavy atom. The van der Waals surface area contributed by atoms with Crippen LogP contribution in [0, 0.1) is 0 Å². The van der Waals surface area contributed by atoms with Crippen LogP contribution in [0.15, 0.2) is 0 Å². The fourth-order valence-electron chi connectivity index (χ4n) is 3.11. The van der Waals surface area contributed by atoms with Crippen LogP contribution in [0.5, 0.6) is 0 Å². The van der Waals surface area contributed by atoms with Crippen LogP contribution in [0.2, 0.25) is 0 Å². The van der Waals surface area contributed by atoms with Crippen molar-refractivity contribution in [1.29, 1.82) is 0 Å². The highest BCUT2D eigenvalue weighted by Crippen LogP contribution is 2.27. The number of hydrogen-bond donors (Lipinski definition) is 4. The second kappa shape index (κ2) is 8.05. The van der Waals surface area contributed by atoms with Crippen molar-refractivity contribution in [2.24, 2.45) is 11.5 Å². The molecule has 2 rings (SSSR count). The molecule has 1 aliphatic heterocycles. The van der Waals surface area contributed by atoms with E-state index < -0.39 is 0 Å². The van der Waals surface area contributed by atoms with E-state index in [2.05, 4.69) is 5.32 Å². The quantitative estimate of drug-likeness (QED) is 0.489. The molecule has 7 nitrogen and oxygen atoms in total. The molecule has 122 valence electrons. The first-order valence-electron chi connectivity index (χ1n) is 7.76. The van der Waals surface area contributed by atoms with E-state index in [9.17, 15) is 4.79 Å². The maximum Gasteiger partial charge on any atom is 0.218 e. The Balaban J connectivity index is 1.74. The minimum absolute atomic E-state index is 0.0430. The molecule has 0 bridgehead atoms. The largest absolute Gasteiger partial charge is 0.394 e. The first kappa shape index (κ1) is 16.6. The number of primary amides is 1. The first-order chi connectivity index (χ1) is 10.1. The van der Waals surface area contributed by atoms with Crippen molar-refractivity contribution in [3.05, 3.63) is 0 Å². The lowest BCUT2D eigenvalue weighted by atomic mass is 9.89. The Morgan fingerprint density at radius 1 is 1.33 bits per heavy atom. The Morgan fingerprint density at radius 3 is 2.81 bits per heavy atom. The van der Waals surface area contributed by atoms with E-state index in [0.717, 1.165) is 32.1 Å². The zero-order chi connectivity index (χ0) is 15.2. The molecule has 1 aliphatic carbocycles. The summed E-state index contributed by atoms with van der Waals surface area (Å²) in [6.45, 7) is 0.618. The number of nitrogens with one attached hydrogen (secondary N) is 1. The first-order valence-corrected chi connectivity index (χ1v) is 7.76. The van der Waals surface area contributed by atoms with Gasteiger partial charge in [-0.05, 0) is 25.7 Å². The summed E-state index contributed by atoms with van der Waals surface area (Å²) in [7, 11) is 0. The molecule has 0 aromatic rings. The van der Waals surface area contributed by atoms with Crippen molar-refractivity contribution in [2.45, 2.75) is 69.1 Å². The molecule has 0 spiro atoms. The molecule has 5 atom stereocenters. The minimum atomic E-state index is -0.301. The molecule has 0 aromatic heterocycles. The summed E-state index contributed by atoms with van der Waals surface area (Å²) in [5.74, 6) is -0.301. The van der Waals surface area contributed by atoms with Gasteiger partial charge >= 0.3 is 0 Å². The molecule has 21 heavy (non-hydrogen) atoms. The van der Waals surface area contributed by atoms with E-state index in [1.165, 1.54) is 0 Å². The SMILES string of the molecule is NC(=O)CCNC1CC(N)CC(OC2CCC(CO)O2)C1. The van der Waals surface area contributed by atoms with Crippen LogP contribution in [-0.2, 0) is 14.3 Å². The summed E-state index contributed by atoms with van der Waals surface area (Å²) in [6, 6.07) is 0.331. The van der Waals surface area contributed by atoms with Gasteiger partial charge in [0.2, 0.25) is 5.91 Å². The smallest absolute Gasteiger partial charge is 0.218 e. The summed E-state index contributed by atoms with van der Waals surface area (Å²) >= 11 is 0. The van der Waals surface area contributed by atoms with Gasteiger partial charge < -0.3 is 31.4 Å². The van der Waals surface area contributed by atoms with Crippen LogP contribution in [-0.4, -0.2) is 54.7 Å². The molecule has 7 heteroatoms. The Bertz CT molecular complexity index is 342. The Kier molecular flexibility index (Phi) is 6.38. The van der Waals surface area contributed by atoms with Crippen LogP contribution in [0.4, 0.5) is 0 Å². The summed E-state index contributed by atoms with van der Waals surface area (Å²) in [4.78, 5) is 10.8. The molecule has 0 radical (unpaired) electrons. The zero-order valence-corrected chi connectivity index (χ0v) is 12.4. The van der Waals surface area contributed by atoms with Crippen LogP contribution >= 0.6 is 0 Å². The highest BCUT2D eigenvalue weighted by Gasteiger charge is 2.32. The van der Waals surface area contributed by atoms with Crippen molar-refractivity contribution in [1.82, 2.24) is 5.32 Å². The second-order valence-corrected chi connectivity index (χ2v) is 6.04. The monoisotopic (exact) mass is 301 g/mol. The predicted molar refractivity (Wildman–Crippen MR) is 77.3 cm³/mol. The van der Waals surface area contributed by atoms with Crippen LogP contribution in [0.1, 0.15) is 38.5 Å². The van der Waals surface area contributed by atoms with Crippen LogP contribution in [0.3, 0.4) is 0 Å². The number of carbonyl (C=O) groups excluding carboxylic acids is 1. The maximum atomic E-state index is 10.8. The van der Waals surface area contributed by atoms with Crippen molar-refractivity contribution >= 4 is 5.91 Å². The molecule has 5 unspecified atom stereocenters. The highest BCUT2D eigenvalue weighted by molar-refractivity contribution is 5.73. The summed E-state index contributed by atoms with van der Waals surface area (Å²) in [6.07, 6.45) is 4.26. The molecule has 6 N–H and O–H groups in total. The van der Waals surface area contributed by atoms with Gasteiger partial charge in [-0.2, -0.15) is 0 Å². The molecular formula is C14H27N3O4.